The van der Waals surface area contributed by atoms with Crippen molar-refractivity contribution in [2.45, 2.75) is 32.0 Å². The summed E-state index contributed by atoms with van der Waals surface area (Å²) in [7, 11) is 0. The number of hydrogen-bond donors (Lipinski definition) is 1. The molecule has 1 unspecified atom stereocenters. The number of thiazole rings is 1. The molecule has 3 heterocycles. The number of carbonyl (C=O) groups excluding carboxylic acids is 1. The molecule has 10 heteroatoms. The summed E-state index contributed by atoms with van der Waals surface area (Å²) in [6.07, 6.45) is -4.24. The maximum atomic E-state index is 14.1. The third-order valence-electron chi connectivity index (χ3n) is 6.19. The SMILES string of the molecule is Cc1nc(C(=O)N2CCC[C@@H](C(F)(F)F)C2CNc2nc3ccccc3o2)c(-c2ccccc2)s1. The van der Waals surface area contributed by atoms with E-state index in [0.29, 0.717) is 21.0 Å². The standard InChI is InChI=1S/C25H23F3N4O2S/c1-15-30-21(22(35-15)16-8-3-2-4-9-16)23(33)32-13-7-10-17(25(26,27)28)19(32)14-29-24-31-18-11-5-6-12-20(18)34-24/h2-6,8-9,11-12,17,19H,7,10,13-14H2,1H3,(H,29,31)/t17-,19?/m1/s1. The molecule has 5 rings (SSSR count). The van der Waals surface area contributed by atoms with Gasteiger partial charge in [-0.2, -0.15) is 18.2 Å². The summed E-state index contributed by atoms with van der Waals surface area (Å²) in [5.74, 6) is -2.16. The van der Waals surface area contributed by atoms with Crippen molar-refractivity contribution in [2.75, 3.05) is 18.4 Å². The fourth-order valence-corrected chi connectivity index (χ4v) is 5.49. The smallest absolute Gasteiger partial charge is 0.393 e. The molecule has 0 radical (unpaired) electrons. The van der Waals surface area contributed by atoms with Crippen molar-refractivity contribution in [2.24, 2.45) is 5.92 Å². The Bertz CT molecular complexity index is 1300. The molecule has 1 saturated heterocycles. The van der Waals surface area contributed by atoms with Crippen LogP contribution in [-0.4, -0.2) is 46.1 Å². The number of nitrogens with zero attached hydrogens (tertiary/aromatic N) is 3. The first-order valence-electron chi connectivity index (χ1n) is 11.3. The van der Waals surface area contributed by atoms with Crippen LogP contribution in [0.25, 0.3) is 21.5 Å². The van der Waals surface area contributed by atoms with Crippen molar-refractivity contribution in [3.63, 3.8) is 0 Å². The van der Waals surface area contributed by atoms with E-state index in [0.717, 1.165) is 5.56 Å². The lowest BCUT2D eigenvalue weighted by atomic mass is 9.88. The van der Waals surface area contributed by atoms with Gasteiger partial charge in [0.25, 0.3) is 11.9 Å². The molecule has 35 heavy (non-hydrogen) atoms. The first-order valence-corrected chi connectivity index (χ1v) is 12.1. The molecule has 182 valence electrons. The van der Waals surface area contributed by atoms with Crippen LogP contribution >= 0.6 is 11.3 Å². The Morgan fingerprint density at radius 3 is 2.63 bits per heavy atom. The van der Waals surface area contributed by atoms with Crippen molar-refractivity contribution in [3.8, 4) is 10.4 Å². The van der Waals surface area contributed by atoms with Crippen LogP contribution in [0, 0.1) is 12.8 Å². The molecule has 2 aromatic heterocycles. The predicted octanol–water partition coefficient (Wildman–Crippen LogP) is 6.15. The van der Waals surface area contributed by atoms with E-state index in [2.05, 4.69) is 15.3 Å². The highest BCUT2D eigenvalue weighted by atomic mass is 32.1. The number of aromatic nitrogens is 2. The number of aryl methyl sites for hydroxylation is 1. The average molecular weight is 501 g/mol. The third kappa shape index (κ3) is 4.75. The topological polar surface area (TPSA) is 71.3 Å². The predicted molar refractivity (Wildman–Crippen MR) is 128 cm³/mol. The number of alkyl halides is 3. The monoisotopic (exact) mass is 500 g/mol. The Hall–Kier alpha value is -3.40. The first-order chi connectivity index (χ1) is 16.8. The van der Waals surface area contributed by atoms with Crippen molar-refractivity contribution in [1.82, 2.24) is 14.9 Å². The van der Waals surface area contributed by atoms with Gasteiger partial charge in [0.15, 0.2) is 5.58 Å². The van der Waals surface area contributed by atoms with Gasteiger partial charge in [-0.1, -0.05) is 42.5 Å². The van der Waals surface area contributed by atoms with Gasteiger partial charge in [-0.25, -0.2) is 4.98 Å². The summed E-state index contributed by atoms with van der Waals surface area (Å²) in [4.78, 5) is 24.4. The number of oxazole rings is 1. The number of fused-ring (bicyclic) bond motifs is 1. The van der Waals surface area contributed by atoms with E-state index in [9.17, 15) is 18.0 Å². The molecule has 1 amide bonds. The molecule has 1 aliphatic rings. The number of para-hydroxylation sites is 2. The number of hydrogen-bond acceptors (Lipinski definition) is 6. The van der Waals surface area contributed by atoms with Crippen LogP contribution in [0.15, 0.2) is 59.0 Å². The van der Waals surface area contributed by atoms with Crippen molar-refractivity contribution in [3.05, 3.63) is 65.3 Å². The molecule has 1 N–H and O–H groups in total. The third-order valence-corrected chi connectivity index (χ3v) is 7.21. The number of anilines is 1. The molecule has 0 saturated carbocycles. The van der Waals surface area contributed by atoms with Gasteiger partial charge in [0, 0.05) is 13.1 Å². The van der Waals surface area contributed by atoms with Crippen LogP contribution in [0.1, 0.15) is 28.3 Å². The minimum Gasteiger partial charge on any atom is -0.424 e. The van der Waals surface area contributed by atoms with Gasteiger partial charge in [0.1, 0.15) is 11.2 Å². The lowest BCUT2D eigenvalue weighted by Crippen LogP contribution is -2.55. The fourth-order valence-electron chi connectivity index (χ4n) is 4.58. The largest absolute Gasteiger partial charge is 0.424 e. The summed E-state index contributed by atoms with van der Waals surface area (Å²) in [5.41, 5.74) is 2.13. The van der Waals surface area contributed by atoms with E-state index in [1.165, 1.54) is 16.2 Å². The molecule has 1 fully saturated rings. The Labute approximate surface area is 203 Å². The van der Waals surface area contributed by atoms with Gasteiger partial charge in [-0.15, -0.1) is 11.3 Å². The molecule has 6 nitrogen and oxygen atoms in total. The Morgan fingerprint density at radius 1 is 1.14 bits per heavy atom. The molecule has 2 aromatic carbocycles. The normalized spacial score (nSPS) is 18.7. The van der Waals surface area contributed by atoms with Crippen LogP contribution in [0.5, 0.6) is 0 Å². The Kier molecular flexibility index (Phi) is 6.22. The van der Waals surface area contributed by atoms with Gasteiger partial charge in [-0.05, 0) is 37.5 Å². The lowest BCUT2D eigenvalue weighted by Gasteiger charge is -2.41. The minimum atomic E-state index is -4.45. The fraction of sp³-hybridized carbons (Fsp3) is 0.320. The maximum absolute atomic E-state index is 14.1. The van der Waals surface area contributed by atoms with Crippen LogP contribution in [-0.2, 0) is 0 Å². The summed E-state index contributed by atoms with van der Waals surface area (Å²) in [6, 6.07) is 15.4. The van der Waals surface area contributed by atoms with Gasteiger partial charge < -0.3 is 14.6 Å². The van der Waals surface area contributed by atoms with E-state index in [-0.39, 0.29) is 37.6 Å². The lowest BCUT2D eigenvalue weighted by molar-refractivity contribution is -0.196. The molecule has 0 aliphatic carbocycles. The van der Waals surface area contributed by atoms with E-state index in [4.69, 9.17) is 4.42 Å². The number of nitrogens with one attached hydrogen (secondary N) is 1. The number of rotatable bonds is 5. The van der Waals surface area contributed by atoms with Crippen LogP contribution < -0.4 is 5.32 Å². The highest BCUT2D eigenvalue weighted by molar-refractivity contribution is 7.15. The van der Waals surface area contributed by atoms with Crippen molar-refractivity contribution < 1.29 is 22.4 Å². The molecule has 1 aliphatic heterocycles. The van der Waals surface area contributed by atoms with E-state index < -0.39 is 24.0 Å². The second-order valence-electron chi connectivity index (χ2n) is 8.50. The number of halogens is 3. The Balaban J connectivity index is 1.46. The average Bonchev–Trinajstić information content (AvgIpc) is 3.45. The van der Waals surface area contributed by atoms with E-state index in [1.54, 1.807) is 31.2 Å². The van der Waals surface area contributed by atoms with E-state index >= 15 is 0 Å². The van der Waals surface area contributed by atoms with Crippen molar-refractivity contribution >= 4 is 34.4 Å². The highest BCUT2D eigenvalue weighted by Gasteiger charge is 2.49. The second-order valence-corrected chi connectivity index (χ2v) is 9.70. The summed E-state index contributed by atoms with van der Waals surface area (Å²) < 4.78 is 47.8. The second kappa shape index (κ2) is 9.33. The molecular weight excluding hydrogens is 477 g/mol. The molecule has 0 bridgehead atoms. The molecule has 4 aromatic rings. The van der Waals surface area contributed by atoms with Crippen LogP contribution in [0.3, 0.4) is 0 Å². The van der Waals surface area contributed by atoms with Crippen LogP contribution in [0.4, 0.5) is 19.2 Å². The molecule has 0 spiro atoms. The molecule has 2 atom stereocenters. The first kappa shape index (κ1) is 23.3. The summed E-state index contributed by atoms with van der Waals surface area (Å²) in [6.45, 7) is 1.86. The number of amides is 1. The number of carbonyl (C=O) groups is 1. The zero-order valence-corrected chi connectivity index (χ0v) is 19.7. The summed E-state index contributed by atoms with van der Waals surface area (Å²) >= 11 is 1.36. The minimum absolute atomic E-state index is 0.0468. The number of piperidine rings is 1. The maximum Gasteiger partial charge on any atom is 0.393 e. The zero-order valence-electron chi connectivity index (χ0n) is 18.9. The van der Waals surface area contributed by atoms with Crippen LogP contribution in [0.2, 0.25) is 0 Å². The zero-order chi connectivity index (χ0) is 24.6. The summed E-state index contributed by atoms with van der Waals surface area (Å²) in [5, 5.41) is 3.58. The highest BCUT2D eigenvalue weighted by Crippen LogP contribution is 2.39. The Morgan fingerprint density at radius 2 is 1.89 bits per heavy atom. The molecular formula is C25H23F3N4O2S. The van der Waals surface area contributed by atoms with Gasteiger partial charge in [0.2, 0.25) is 0 Å². The number of likely N-dealkylation sites (tertiary alicyclic amines) is 1. The quantitative estimate of drug-likeness (QED) is 0.356. The van der Waals surface area contributed by atoms with Gasteiger partial charge >= 0.3 is 6.18 Å². The number of benzene rings is 2. The van der Waals surface area contributed by atoms with Crippen molar-refractivity contribution in [1.29, 1.82) is 0 Å². The van der Waals surface area contributed by atoms with Gasteiger partial charge in [0.05, 0.1) is 21.8 Å². The van der Waals surface area contributed by atoms with Gasteiger partial charge in [-0.3, -0.25) is 4.79 Å². The van der Waals surface area contributed by atoms with E-state index in [1.807, 2.05) is 30.3 Å².